The van der Waals surface area contributed by atoms with Gasteiger partial charge < -0.3 is 5.32 Å². The van der Waals surface area contributed by atoms with Gasteiger partial charge in [-0.3, -0.25) is 10.1 Å². The van der Waals surface area contributed by atoms with E-state index < -0.39 is 0 Å². The molecule has 2 N–H and O–H groups in total. The summed E-state index contributed by atoms with van der Waals surface area (Å²) < 4.78 is 0. The second-order valence-corrected chi connectivity index (χ2v) is 4.47. The van der Waals surface area contributed by atoms with Gasteiger partial charge in [-0.25, -0.2) is 0 Å². The van der Waals surface area contributed by atoms with E-state index in [4.69, 9.17) is 0 Å². The molecule has 7 nitrogen and oxygen atoms in total. The van der Waals surface area contributed by atoms with Crippen LogP contribution in [0, 0.1) is 0 Å². The van der Waals surface area contributed by atoms with E-state index >= 15 is 0 Å². The lowest BCUT2D eigenvalue weighted by Crippen LogP contribution is -2.35. The van der Waals surface area contributed by atoms with Crippen LogP contribution in [0.5, 0.6) is 0 Å². The van der Waals surface area contributed by atoms with Crippen molar-refractivity contribution in [1.29, 1.82) is 0 Å². The van der Waals surface area contributed by atoms with Crippen LogP contribution in [0.25, 0.3) is 0 Å². The summed E-state index contributed by atoms with van der Waals surface area (Å²) in [6.45, 7) is 1.41. The molecule has 0 saturated heterocycles. The first kappa shape index (κ1) is 11.8. The van der Waals surface area contributed by atoms with Gasteiger partial charge in [0.2, 0.25) is 5.91 Å². The number of fused-ring (bicyclic) bond motifs is 1. The van der Waals surface area contributed by atoms with Gasteiger partial charge in [0.05, 0.1) is 13.0 Å². The molecular weight excluding hydrogens is 244 g/mol. The predicted octanol–water partition coefficient (Wildman–Crippen LogP) is 0.0356. The molecule has 19 heavy (non-hydrogen) atoms. The lowest BCUT2D eigenvalue weighted by molar-refractivity contribution is -0.117. The fourth-order valence-electron chi connectivity index (χ4n) is 2.26. The first-order chi connectivity index (χ1) is 9.24. The zero-order valence-corrected chi connectivity index (χ0v) is 10.5. The van der Waals surface area contributed by atoms with Crippen LogP contribution in [0.2, 0.25) is 0 Å². The van der Waals surface area contributed by atoms with E-state index in [2.05, 4.69) is 26.0 Å². The average Bonchev–Trinajstić information content (AvgIpc) is 2.83. The number of hydrogen-bond donors (Lipinski definition) is 2. The fraction of sp³-hybridized carbons (Fsp3) is 0.333. The van der Waals surface area contributed by atoms with E-state index in [-0.39, 0.29) is 17.8 Å². The molecule has 2 aromatic rings. The number of aromatic nitrogens is 4. The Kier molecular flexibility index (Phi) is 2.96. The number of anilines is 1. The summed E-state index contributed by atoms with van der Waals surface area (Å²) in [6.07, 6.45) is 0. The molecule has 0 bridgehead atoms. The number of aryl methyl sites for hydroxylation is 1. The maximum atomic E-state index is 12.3. The third-order valence-electron chi connectivity index (χ3n) is 3.15. The molecule has 0 saturated carbocycles. The summed E-state index contributed by atoms with van der Waals surface area (Å²) in [5.74, 6) is -0.114. The van der Waals surface area contributed by atoms with Gasteiger partial charge in [0.25, 0.3) is 5.95 Å². The second-order valence-electron chi connectivity index (χ2n) is 4.47. The molecule has 1 atom stereocenters. The van der Waals surface area contributed by atoms with Crippen LogP contribution >= 0.6 is 0 Å². The van der Waals surface area contributed by atoms with Crippen molar-refractivity contribution in [3.05, 3.63) is 35.4 Å². The molecule has 3 rings (SSSR count). The number of carbonyl (C=O) groups is 1. The Hall–Kier alpha value is -2.28. The molecule has 98 valence electrons. The number of hydrogen-bond acceptors (Lipinski definition) is 5. The van der Waals surface area contributed by atoms with Crippen LogP contribution < -0.4 is 10.6 Å². The number of rotatable bonds is 2. The number of nitrogens with zero attached hydrogens (tertiary/aromatic N) is 4. The minimum Gasteiger partial charge on any atom is -0.312 e. The first-order valence-electron chi connectivity index (χ1n) is 6.07. The van der Waals surface area contributed by atoms with Gasteiger partial charge in [0.15, 0.2) is 0 Å². The topological polar surface area (TPSA) is 84.7 Å². The van der Waals surface area contributed by atoms with Gasteiger partial charge >= 0.3 is 0 Å². The minimum atomic E-state index is -0.228. The number of carbonyl (C=O) groups excluding carboxylic acids is 1. The highest BCUT2D eigenvalue weighted by Crippen LogP contribution is 2.24. The molecule has 1 aliphatic rings. The Morgan fingerprint density at radius 1 is 1.47 bits per heavy atom. The highest BCUT2D eigenvalue weighted by Gasteiger charge is 2.26. The lowest BCUT2D eigenvalue weighted by atomic mass is 9.90. The highest BCUT2D eigenvalue weighted by molar-refractivity contribution is 5.95. The van der Waals surface area contributed by atoms with Crippen molar-refractivity contribution in [2.75, 3.05) is 11.9 Å². The van der Waals surface area contributed by atoms with Crippen LogP contribution in [0.4, 0.5) is 5.95 Å². The SMILES string of the molecule is Cn1nnc(NC(=O)C2CNCc3ccccc32)n1. The molecule has 1 aromatic heterocycles. The highest BCUT2D eigenvalue weighted by atomic mass is 16.2. The Bertz CT molecular complexity index is 608. The first-order valence-corrected chi connectivity index (χ1v) is 6.07. The Morgan fingerprint density at radius 2 is 2.32 bits per heavy atom. The molecular formula is C12H14N6O. The third kappa shape index (κ3) is 2.32. The monoisotopic (exact) mass is 258 g/mol. The maximum absolute atomic E-state index is 12.3. The van der Waals surface area contributed by atoms with Crippen LogP contribution in [-0.2, 0) is 18.4 Å². The number of nitrogens with one attached hydrogen (secondary N) is 2. The Morgan fingerprint density at radius 3 is 3.11 bits per heavy atom. The predicted molar refractivity (Wildman–Crippen MR) is 68.3 cm³/mol. The van der Waals surface area contributed by atoms with E-state index in [9.17, 15) is 4.79 Å². The van der Waals surface area contributed by atoms with E-state index in [1.54, 1.807) is 7.05 Å². The van der Waals surface area contributed by atoms with Crippen molar-refractivity contribution in [3.8, 4) is 0 Å². The van der Waals surface area contributed by atoms with Crippen molar-refractivity contribution in [2.24, 2.45) is 7.05 Å². The summed E-state index contributed by atoms with van der Waals surface area (Å²) in [5, 5.41) is 17.3. The molecule has 0 aliphatic carbocycles. The van der Waals surface area contributed by atoms with Crippen molar-refractivity contribution in [3.63, 3.8) is 0 Å². The molecule has 2 heterocycles. The van der Waals surface area contributed by atoms with Gasteiger partial charge in [-0.05, 0) is 16.3 Å². The molecule has 1 aliphatic heterocycles. The van der Waals surface area contributed by atoms with Crippen molar-refractivity contribution >= 4 is 11.9 Å². The molecule has 1 amide bonds. The summed E-state index contributed by atoms with van der Waals surface area (Å²) in [4.78, 5) is 13.6. The van der Waals surface area contributed by atoms with Gasteiger partial charge in [0.1, 0.15) is 0 Å². The largest absolute Gasteiger partial charge is 0.312 e. The standard InChI is InChI=1S/C12H14N6O/c1-18-16-12(15-17-18)14-11(19)10-7-13-6-8-4-2-3-5-9(8)10/h2-5,10,13H,6-7H2,1H3,(H,14,16,19). The minimum absolute atomic E-state index is 0.118. The smallest absolute Gasteiger partial charge is 0.270 e. The van der Waals surface area contributed by atoms with Gasteiger partial charge in [-0.15, -0.1) is 5.10 Å². The Balaban J connectivity index is 1.81. The Labute approximate surface area is 110 Å². The third-order valence-corrected chi connectivity index (χ3v) is 3.15. The fourth-order valence-corrected chi connectivity index (χ4v) is 2.26. The van der Waals surface area contributed by atoms with E-state index in [0.29, 0.717) is 6.54 Å². The quantitative estimate of drug-likeness (QED) is 0.794. The summed E-state index contributed by atoms with van der Waals surface area (Å²) >= 11 is 0. The van der Waals surface area contributed by atoms with Crippen LogP contribution in [-0.4, -0.2) is 32.7 Å². The zero-order valence-electron chi connectivity index (χ0n) is 10.5. The number of amides is 1. The number of benzene rings is 1. The maximum Gasteiger partial charge on any atom is 0.270 e. The second kappa shape index (κ2) is 4.77. The van der Waals surface area contributed by atoms with E-state index in [1.165, 1.54) is 4.80 Å². The normalized spacial score (nSPS) is 17.8. The number of tetrazole rings is 1. The van der Waals surface area contributed by atoms with E-state index in [1.807, 2.05) is 24.3 Å². The van der Waals surface area contributed by atoms with Crippen LogP contribution in [0.15, 0.2) is 24.3 Å². The lowest BCUT2D eigenvalue weighted by Gasteiger charge is -2.24. The molecule has 0 radical (unpaired) electrons. The zero-order chi connectivity index (χ0) is 13.2. The molecule has 1 unspecified atom stereocenters. The summed E-state index contributed by atoms with van der Waals surface area (Å²) in [6, 6.07) is 7.95. The van der Waals surface area contributed by atoms with E-state index in [0.717, 1.165) is 17.7 Å². The van der Waals surface area contributed by atoms with Crippen molar-refractivity contribution < 1.29 is 4.79 Å². The molecule has 7 heteroatoms. The van der Waals surface area contributed by atoms with Crippen LogP contribution in [0.3, 0.4) is 0 Å². The molecule has 0 spiro atoms. The average molecular weight is 258 g/mol. The van der Waals surface area contributed by atoms with Crippen molar-refractivity contribution in [2.45, 2.75) is 12.5 Å². The van der Waals surface area contributed by atoms with Gasteiger partial charge in [0, 0.05) is 13.1 Å². The van der Waals surface area contributed by atoms with Crippen molar-refractivity contribution in [1.82, 2.24) is 25.5 Å². The van der Waals surface area contributed by atoms with Gasteiger partial charge in [-0.1, -0.05) is 29.4 Å². The van der Waals surface area contributed by atoms with Crippen LogP contribution in [0.1, 0.15) is 17.0 Å². The molecule has 0 fully saturated rings. The molecule has 1 aromatic carbocycles. The van der Waals surface area contributed by atoms with Gasteiger partial charge in [-0.2, -0.15) is 4.80 Å². The summed E-state index contributed by atoms with van der Waals surface area (Å²) in [7, 11) is 1.65. The summed E-state index contributed by atoms with van der Waals surface area (Å²) in [5.41, 5.74) is 2.21.